The minimum Gasteiger partial charge on any atom is -0.490 e. The van der Waals surface area contributed by atoms with Gasteiger partial charge < -0.3 is 15.2 Å². The van der Waals surface area contributed by atoms with Crippen LogP contribution >= 0.6 is 27.5 Å². The molecule has 3 nitrogen and oxygen atoms in total. The SMILES string of the molecule is CCOC(CN)COc1cc(F)c(Cl)cc1Br. The van der Waals surface area contributed by atoms with E-state index in [1.807, 2.05) is 6.92 Å². The number of rotatable bonds is 6. The van der Waals surface area contributed by atoms with Crippen molar-refractivity contribution in [1.29, 1.82) is 0 Å². The van der Waals surface area contributed by atoms with Crippen molar-refractivity contribution >= 4 is 27.5 Å². The monoisotopic (exact) mass is 325 g/mol. The van der Waals surface area contributed by atoms with Crippen molar-refractivity contribution in [3.05, 3.63) is 27.4 Å². The molecule has 1 atom stereocenters. The summed E-state index contributed by atoms with van der Waals surface area (Å²) in [5.74, 6) is -0.143. The molecule has 0 saturated heterocycles. The Morgan fingerprint density at radius 3 is 2.82 bits per heavy atom. The molecular formula is C11H14BrClFNO2. The lowest BCUT2D eigenvalue weighted by atomic mass is 10.3. The zero-order valence-corrected chi connectivity index (χ0v) is 11.7. The van der Waals surface area contributed by atoms with E-state index in [0.717, 1.165) is 0 Å². The third kappa shape index (κ3) is 4.43. The summed E-state index contributed by atoms with van der Waals surface area (Å²) in [5, 5.41) is 0.0457. The van der Waals surface area contributed by atoms with Crippen LogP contribution in [0.5, 0.6) is 5.75 Å². The first-order valence-corrected chi connectivity index (χ1v) is 6.34. The van der Waals surface area contributed by atoms with Gasteiger partial charge in [-0.25, -0.2) is 4.39 Å². The van der Waals surface area contributed by atoms with Crippen LogP contribution in [0.4, 0.5) is 4.39 Å². The van der Waals surface area contributed by atoms with Gasteiger partial charge in [-0.2, -0.15) is 0 Å². The first-order valence-electron chi connectivity index (χ1n) is 5.17. The van der Waals surface area contributed by atoms with Crippen LogP contribution < -0.4 is 10.5 Å². The van der Waals surface area contributed by atoms with Crippen molar-refractivity contribution in [3.63, 3.8) is 0 Å². The second-order valence-electron chi connectivity index (χ2n) is 3.32. The number of benzene rings is 1. The fourth-order valence-electron chi connectivity index (χ4n) is 1.22. The van der Waals surface area contributed by atoms with Gasteiger partial charge in [-0.1, -0.05) is 11.6 Å². The highest BCUT2D eigenvalue weighted by Gasteiger charge is 2.11. The molecule has 0 aliphatic heterocycles. The second kappa shape index (κ2) is 7.16. The third-order valence-electron chi connectivity index (χ3n) is 2.06. The highest BCUT2D eigenvalue weighted by Crippen LogP contribution is 2.30. The van der Waals surface area contributed by atoms with E-state index in [9.17, 15) is 4.39 Å². The second-order valence-corrected chi connectivity index (χ2v) is 4.58. The number of nitrogens with two attached hydrogens (primary N) is 1. The molecule has 0 spiro atoms. The Bertz CT molecular complexity index is 379. The fourth-order valence-corrected chi connectivity index (χ4v) is 1.97. The molecule has 1 rings (SSSR count). The molecule has 0 aliphatic rings. The van der Waals surface area contributed by atoms with E-state index in [1.165, 1.54) is 12.1 Å². The normalized spacial score (nSPS) is 12.5. The summed E-state index contributed by atoms with van der Waals surface area (Å²) in [4.78, 5) is 0. The number of hydrogen-bond acceptors (Lipinski definition) is 3. The summed E-state index contributed by atoms with van der Waals surface area (Å²) in [5.41, 5.74) is 5.50. The van der Waals surface area contributed by atoms with Crippen molar-refractivity contribution in [2.75, 3.05) is 19.8 Å². The quantitative estimate of drug-likeness (QED) is 0.817. The van der Waals surface area contributed by atoms with Gasteiger partial charge in [-0.15, -0.1) is 0 Å². The van der Waals surface area contributed by atoms with Crippen LogP contribution in [-0.2, 0) is 4.74 Å². The van der Waals surface area contributed by atoms with Crippen molar-refractivity contribution < 1.29 is 13.9 Å². The largest absolute Gasteiger partial charge is 0.490 e. The summed E-state index contributed by atoms with van der Waals surface area (Å²) in [6.07, 6.45) is -0.203. The third-order valence-corrected chi connectivity index (χ3v) is 2.97. The number of halogens is 3. The highest BCUT2D eigenvalue weighted by molar-refractivity contribution is 9.10. The predicted octanol–water partition coefficient (Wildman–Crippen LogP) is 2.98. The van der Waals surface area contributed by atoms with Crippen molar-refractivity contribution in [1.82, 2.24) is 0 Å². The van der Waals surface area contributed by atoms with Gasteiger partial charge >= 0.3 is 0 Å². The number of ether oxygens (including phenoxy) is 2. The van der Waals surface area contributed by atoms with Gasteiger partial charge in [0.2, 0.25) is 0 Å². The lowest BCUT2D eigenvalue weighted by Gasteiger charge is -2.16. The smallest absolute Gasteiger partial charge is 0.145 e. The molecule has 6 heteroatoms. The van der Waals surface area contributed by atoms with Gasteiger partial charge in [0.05, 0.1) is 9.50 Å². The first kappa shape index (κ1) is 14.7. The van der Waals surface area contributed by atoms with E-state index in [2.05, 4.69) is 15.9 Å². The van der Waals surface area contributed by atoms with Gasteiger partial charge in [-0.05, 0) is 28.9 Å². The van der Waals surface area contributed by atoms with Gasteiger partial charge in [0.25, 0.3) is 0 Å². The summed E-state index contributed by atoms with van der Waals surface area (Å²) in [6, 6.07) is 2.68. The fraction of sp³-hybridized carbons (Fsp3) is 0.455. The lowest BCUT2D eigenvalue weighted by Crippen LogP contribution is -2.30. The molecule has 0 radical (unpaired) electrons. The molecule has 17 heavy (non-hydrogen) atoms. The molecule has 0 saturated carbocycles. The Hall–Kier alpha value is -0.360. The molecule has 0 aliphatic carbocycles. The molecule has 0 amide bonds. The van der Waals surface area contributed by atoms with Crippen molar-refractivity contribution in [2.45, 2.75) is 13.0 Å². The predicted molar refractivity (Wildman–Crippen MR) is 69.1 cm³/mol. The molecule has 1 aromatic rings. The molecule has 1 unspecified atom stereocenters. The van der Waals surface area contributed by atoms with Crippen LogP contribution in [0.25, 0.3) is 0 Å². The van der Waals surface area contributed by atoms with Gasteiger partial charge in [0.1, 0.15) is 24.3 Å². The minimum atomic E-state index is -0.523. The molecule has 1 aromatic carbocycles. The van der Waals surface area contributed by atoms with E-state index in [0.29, 0.717) is 23.4 Å². The minimum absolute atomic E-state index is 0.0457. The van der Waals surface area contributed by atoms with E-state index < -0.39 is 5.82 Å². The molecule has 2 N–H and O–H groups in total. The Kier molecular flexibility index (Phi) is 6.19. The summed E-state index contributed by atoms with van der Waals surface area (Å²) in [6.45, 7) is 3.05. The molecular weight excluding hydrogens is 312 g/mol. The van der Waals surface area contributed by atoms with E-state index in [1.54, 1.807) is 0 Å². The Morgan fingerprint density at radius 1 is 1.53 bits per heavy atom. The van der Waals surface area contributed by atoms with Crippen LogP contribution in [0.3, 0.4) is 0 Å². The zero-order chi connectivity index (χ0) is 12.8. The van der Waals surface area contributed by atoms with Gasteiger partial charge in [0, 0.05) is 19.2 Å². The average Bonchev–Trinajstić information content (AvgIpc) is 2.30. The number of hydrogen-bond donors (Lipinski definition) is 1. The maximum absolute atomic E-state index is 13.2. The Labute approximate surface area is 113 Å². The molecule has 0 heterocycles. The summed E-state index contributed by atoms with van der Waals surface area (Å²) in [7, 11) is 0. The topological polar surface area (TPSA) is 44.5 Å². The van der Waals surface area contributed by atoms with Gasteiger partial charge in [0.15, 0.2) is 0 Å². The van der Waals surface area contributed by atoms with E-state index >= 15 is 0 Å². The maximum Gasteiger partial charge on any atom is 0.145 e. The highest BCUT2D eigenvalue weighted by atomic mass is 79.9. The molecule has 0 aromatic heterocycles. The molecule has 0 bridgehead atoms. The van der Waals surface area contributed by atoms with E-state index in [4.69, 9.17) is 26.8 Å². The first-order chi connectivity index (χ1) is 8.08. The molecule has 0 fully saturated rings. The molecule has 96 valence electrons. The summed E-state index contributed by atoms with van der Waals surface area (Å²) < 4.78 is 24.6. The lowest BCUT2D eigenvalue weighted by molar-refractivity contribution is 0.0334. The Morgan fingerprint density at radius 2 is 2.24 bits per heavy atom. The van der Waals surface area contributed by atoms with Crippen LogP contribution in [0.1, 0.15) is 6.92 Å². The maximum atomic E-state index is 13.2. The van der Waals surface area contributed by atoms with Crippen LogP contribution in [0.2, 0.25) is 5.02 Å². The van der Waals surface area contributed by atoms with Crippen molar-refractivity contribution in [3.8, 4) is 5.75 Å². The standard InChI is InChI=1S/C11H14BrClFNO2/c1-2-16-7(5-15)6-17-11-4-10(14)9(13)3-8(11)12/h3-4,7H,2,5-6,15H2,1H3. The van der Waals surface area contributed by atoms with Crippen LogP contribution in [0, 0.1) is 5.82 Å². The zero-order valence-electron chi connectivity index (χ0n) is 9.38. The van der Waals surface area contributed by atoms with Crippen molar-refractivity contribution in [2.24, 2.45) is 5.73 Å². The van der Waals surface area contributed by atoms with E-state index in [-0.39, 0.29) is 17.7 Å². The van der Waals surface area contributed by atoms with Crippen LogP contribution in [0.15, 0.2) is 16.6 Å². The van der Waals surface area contributed by atoms with Crippen LogP contribution in [-0.4, -0.2) is 25.9 Å². The summed E-state index contributed by atoms with van der Waals surface area (Å²) >= 11 is 8.86. The Balaban J connectivity index is 2.65. The van der Waals surface area contributed by atoms with Gasteiger partial charge in [-0.3, -0.25) is 0 Å². The average molecular weight is 327 g/mol.